The van der Waals surface area contributed by atoms with Crippen LogP contribution in [0.2, 0.25) is 0 Å². The Hall–Kier alpha value is 0.110. The summed E-state index contributed by atoms with van der Waals surface area (Å²) in [5.41, 5.74) is -1.01. The molecule has 1 N–H and O–H groups in total. The summed E-state index contributed by atoms with van der Waals surface area (Å²) in [4.78, 5) is 10.8. The van der Waals surface area contributed by atoms with Gasteiger partial charge in [-0.05, 0) is 49.4 Å². The zero-order chi connectivity index (χ0) is 18.5. The van der Waals surface area contributed by atoms with Gasteiger partial charge in [0.15, 0.2) is 0 Å². The molecule has 0 amide bonds. The van der Waals surface area contributed by atoms with Crippen LogP contribution >= 0.6 is 7.82 Å². The standard InChI is InChI=1S/C20H35O4P/c1-13-7-9-15-17(3,4)19(15,11-13)23-25(21,22)24-20-12-14(2)8-10-16(20)18(20,5)6/h13-16H,7-12H2,1-6H3,(H,21,22). The monoisotopic (exact) mass is 370 g/mol. The first-order chi connectivity index (χ1) is 11.4. The molecular weight excluding hydrogens is 335 g/mol. The van der Waals surface area contributed by atoms with Crippen molar-refractivity contribution in [1.29, 1.82) is 0 Å². The van der Waals surface area contributed by atoms with E-state index in [4.69, 9.17) is 9.05 Å². The van der Waals surface area contributed by atoms with Gasteiger partial charge in [0.25, 0.3) is 0 Å². The van der Waals surface area contributed by atoms with Gasteiger partial charge in [-0.15, -0.1) is 0 Å². The molecular formula is C20H35O4P. The average Bonchev–Trinajstić information content (AvgIpc) is 3.10. The minimum Gasteiger partial charge on any atom is -0.302 e. The summed E-state index contributed by atoms with van der Waals surface area (Å²) in [5.74, 6) is 1.84. The van der Waals surface area contributed by atoms with Crippen LogP contribution in [-0.4, -0.2) is 16.1 Å². The molecule has 4 aliphatic carbocycles. The number of hydrogen-bond acceptors (Lipinski definition) is 3. The molecule has 144 valence electrons. The summed E-state index contributed by atoms with van der Waals surface area (Å²) in [6.07, 6.45) is 6.29. The largest absolute Gasteiger partial charge is 0.473 e. The molecule has 0 spiro atoms. The molecule has 6 unspecified atom stereocenters. The van der Waals surface area contributed by atoms with E-state index < -0.39 is 19.0 Å². The average molecular weight is 370 g/mol. The predicted molar refractivity (Wildman–Crippen MR) is 98.0 cm³/mol. The van der Waals surface area contributed by atoms with Gasteiger partial charge in [0.1, 0.15) is 0 Å². The molecule has 25 heavy (non-hydrogen) atoms. The van der Waals surface area contributed by atoms with Crippen molar-refractivity contribution in [2.45, 2.75) is 91.3 Å². The number of phosphoric acid groups is 1. The first-order valence-electron chi connectivity index (χ1n) is 10.1. The van der Waals surface area contributed by atoms with Crippen LogP contribution in [0.1, 0.15) is 80.1 Å². The predicted octanol–water partition coefficient (Wildman–Crippen LogP) is 5.55. The van der Waals surface area contributed by atoms with E-state index in [0.717, 1.165) is 25.7 Å². The first-order valence-corrected chi connectivity index (χ1v) is 11.6. The van der Waals surface area contributed by atoms with E-state index in [9.17, 15) is 9.46 Å². The lowest BCUT2D eigenvalue weighted by Crippen LogP contribution is -2.31. The zero-order valence-electron chi connectivity index (χ0n) is 16.7. The van der Waals surface area contributed by atoms with Crippen molar-refractivity contribution in [3.05, 3.63) is 0 Å². The van der Waals surface area contributed by atoms with Gasteiger partial charge in [0.05, 0.1) is 11.2 Å². The molecule has 0 aromatic rings. The van der Waals surface area contributed by atoms with Crippen molar-refractivity contribution in [3.8, 4) is 0 Å². The van der Waals surface area contributed by atoms with E-state index in [1.54, 1.807) is 0 Å². The number of hydrogen-bond donors (Lipinski definition) is 1. The van der Waals surface area contributed by atoms with Crippen molar-refractivity contribution in [1.82, 2.24) is 0 Å². The van der Waals surface area contributed by atoms with Gasteiger partial charge in [-0.3, -0.25) is 9.05 Å². The maximum Gasteiger partial charge on any atom is 0.473 e. The van der Waals surface area contributed by atoms with Crippen LogP contribution in [-0.2, 0) is 13.6 Å². The number of phosphoric ester groups is 1. The molecule has 4 rings (SSSR count). The highest BCUT2D eigenvalue weighted by molar-refractivity contribution is 7.47. The summed E-state index contributed by atoms with van der Waals surface area (Å²) in [6.45, 7) is 13.2. The van der Waals surface area contributed by atoms with Gasteiger partial charge in [0, 0.05) is 10.8 Å². The Morgan fingerprint density at radius 2 is 1.16 bits per heavy atom. The topological polar surface area (TPSA) is 55.8 Å². The van der Waals surface area contributed by atoms with E-state index >= 15 is 0 Å². The highest BCUT2D eigenvalue weighted by Gasteiger charge is 2.78. The summed E-state index contributed by atoms with van der Waals surface area (Å²) >= 11 is 0. The molecule has 0 heterocycles. The fourth-order valence-corrected chi connectivity index (χ4v) is 8.59. The molecule has 4 aliphatic rings. The molecule has 0 bridgehead atoms. The Kier molecular flexibility index (Phi) is 3.79. The second-order valence-corrected chi connectivity index (χ2v) is 12.1. The molecule has 0 aliphatic heterocycles. The van der Waals surface area contributed by atoms with Crippen LogP contribution in [0.5, 0.6) is 0 Å². The van der Waals surface area contributed by atoms with Gasteiger partial charge >= 0.3 is 7.82 Å². The van der Waals surface area contributed by atoms with E-state index in [1.807, 2.05) is 0 Å². The quantitative estimate of drug-likeness (QED) is 0.659. The molecule has 4 fully saturated rings. The molecule has 5 heteroatoms. The van der Waals surface area contributed by atoms with Gasteiger partial charge < -0.3 is 4.89 Å². The van der Waals surface area contributed by atoms with Crippen LogP contribution in [0.4, 0.5) is 0 Å². The summed E-state index contributed by atoms with van der Waals surface area (Å²) in [7, 11) is -4.09. The van der Waals surface area contributed by atoms with Crippen LogP contribution in [0.15, 0.2) is 0 Å². The third-order valence-corrected chi connectivity index (χ3v) is 9.75. The molecule has 6 atom stereocenters. The SMILES string of the molecule is CC1CCC2C(C)(C)C2(OP(=O)(O)OC23CC(C)CCC2C3(C)C)C1. The minimum absolute atomic E-state index is 0.0322. The van der Waals surface area contributed by atoms with Crippen molar-refractivity contribution >= 4 is 7.82 Å². The molecule has 0 radical (unpaired) electrons. The lowest BCUT2D eigenvalue weighted by Gasteiger charge is -2.33. The van der Waals surface area contributed by atoms with Gasteiger partial charge in [-0.1, -0.05) is 54.4 Å². The highest BCUT2D eigenvalue weighted by atomic mass is 31.2. The maximum atomic E-state index is 13.1. The van der Waals surface area contributed by atoms with Crippen LogP contribution in [0, 0.1) is 34.5 Å². The summed E-state index contributed by atoms with van der Waals surface area (Å²) in [5, 5.41) is 0. The van der Waals surface area contributed by atoms with E-state index in [1.165, 1.54) is 12.8 Å². The Labute approximate surface area is 152 Å². The second-order valence-electron chi connectivity index (χ2n) is 10.8. The summed E-state index contributed by atoms with van der Waals surface area (Å²) < 4.78 is 25.2. The van der Waals surface area contributed by atoms with E-state index in [2.05, 4.69) is 41.5 Å². The highest BCUT2D eigenvalue weighted by Crippen LogP contribution is 2.79. The Bertz CT molecular complexity index is 579. The van der Waals surface area contributed by atoms with Gasteiger partial charge in [-0.2, -0.15) is 0 Å². The lowest BCUT2D eigenvalue weighted by atomic mass is 9.88. The Balaban J connectivity index is 1.54. The van der Waals surface area contributed by atoms with Crippen LogP contribution < -0.4 is 0 Å². The zero-order valence-corrected chi connectivity index (χ0v) is 17.6. The van der Waals surface area contributed by atoms with Crippen molar-refractivity contribution < 1.29 is 18.5 Å². The third kappa shape index (κ3) is 2.40. The molecule has 4 nitrogen and oxygen atoms in total. The lowest BCUT2D eigenvalue weighted by molar-refractivity contribution is -0.00629. The first kappa shape index (κ1) is 18.5. The minimum atomic E-state index is -4.09. The Morgan fingerprint density at radius 3 is 1.52 bits per heavy atom. The number of rotatable bonds is 4. The van der Waals surface area contributed by atoms with E-state index in [0.29, 0.717) is 23.7 Å². The summed E-state index contributed by atoms with van der Waals surface area (Å²) in [6, 6.07) is 0. The molecule has 0 saturated heterocycles. The number of fused-ring (bicyclic) bond motifs is 2. The molecule has 4 saturated carbocycles. The fourth-order valence-electron chi connectivity index (χ4n) is 6.86. The third-order valence-electron chi connectivity index (χ3n) is 8.64. The van der Waals surface area contributed by atoms with Gasteiger partial charge in [-0.25, -0.2) is 4.57 Å². The van der Waals surface area contributed by atoms with Crippen LogP contribution in [0.3, 0.4) is 0 Å². The van der Waals surface area contributed by atoms with Crippen molar-refractivity contribution in [3.63, 3.8) is 0 Å². The van der Waals surface area contributed by atoms with Crippen LogP contribution in [0.25, 0.3) is 0 Å². The van der Waals surface area contributed by atoms with Gasteiger partial charge in [0.2, 0.25) is 0 Å². The van der Waals surface area contributed by atoms with E-state index in [-0.39, 0.29) is 10.8 Å². The van der Waals surface area contributed by atoms with Crippen molar-refractivity contribution in [2.24, 2.45) is 34.5 Å². The second kappa shape index (κ2) is 5.13. The Morgan fingerprint density at radius 1 is 0.800 bits per heavy atom. The van der Waals surface area contributed by atoms with Crippen molar-refractivity contribution in [2.75, 3.05) is 0 Å². The molecule has 0 aromatic heterocycles. The fraction of sp³-hybridized carbons (Fsp3) is 1.00. The molecule has 0 aromatic carbocycles. The smallest absolute Gasteiger partial charge is 0.302 e. The maximum absolute atomic E-state index is 13.1. The normalized spacial score (nSPS) is 51.8.